The molecule has 56 heavy (non-hydrogen) atoms. The average Bonchev–Trinajstić information content (AvgIpc) is 3.64. The minimum Gasteiger partial charge on any atom is -0.493 e. The number of benzene rings is 2. The number of hydrogen-bond acceptors (Lipinski definition) is 13. The fourth-order valence-corrected chi connectivity index (χ4v) is 8.73. The van der Waals surface area contributed by atoms with E-state index in [4.69, 9.17) is 19.3 Å². The summed E-state index contributed by atoms with van der Waals surface area (Å²) in [6.07, 6.45) is 7.36. The Bertz CT molecular complexity index is 2040. The quantitative estimate of drug-likeness (QED) is 0.114. The summed E-state index contributed by atoms with van der Waals surface area (Å²) in [6, 6.07) is 10.8. The third-order valence-electron chi connectivity index (χ3n) is 11.5. The van der Waals surface area contributed by atoms with Gasteiger partial charge in [0.15, 0.2) is 17.1 Å². The minimum absolute atomic E-state index is 0.0328. The van der Waals surface area contributed by atoms with E-state index in [1.54, 1.807) is 43.3 Å². The highest BCUT2D eigenvalue weighted by atomic mass is 16.6. The SMILES string of the molecule is COc1cc2c(cc1OC)[C@]1(CC[C@@H](C(=O)N3CCN(c4ncnc5c4cnn5Cc4ccccc4[N+](=O)[O-])CC3)CC1)N(CCCNC(=O)OCCO)CC2. The van der Waals surface area contributed by atoms with E-state index >= 15 is 0 Å². The van der Waals surface area contributed by atoms with Crippen LogP contribution in [0, 0.1) is 16.0 Å². The molecule has 0 atom stereocenters. The van der Waals surface area contributed by atoms with Gasteiger partial charge >= 0.3 is 6.09 Å². The Balaban J connectivity index is 1.01. The van der Waals surface area contributed by atoms with E-state index in [0.717, 1.165) is 62.8 Å². The van der Waals surface area contributed by atoms with E-state index < -0.39 is 11.0 Å². The summed E-state index contributed by atoms with van der Waals surface area (Å²) >= 11 is 0. The number of anilines is 1. The van der Waals surface area contributed by atoms with E-state index in [2.05, 4.69) is 42.3 Å². The molecule has 17 heteroatoms. The van der Waals surface area contributed by atoms with Gasteiger partial charge in [0.05, 0.1) is 49.4 Å². The summed E-state index contributed by atoms with van der Waals surface area (Å²) in [4.78, 5) is 53.0. The molecule has 2 fully saturated rings. The Labute approximate surface area is 324 Å². The Morgan fingerprint density at radius 3 is 2.52 bits per heavy atom. The number of hydrogen-bond donors (Lipinski definition) is 2. The second-order valence-electron chi connectivity index (χ2n) is 14.5. The molecule has 1 saturated heterocycles. The van der Waals surface area contributed by atoms with Crippen LogP contribution in [0.3, 0.4) is 0 Å². The number of para-hydroxylation sites is 1. The summed E-state index contributed by atoms with van der Waals surface area (Å²) in [5, 5.41) is 28.6. The predicted molar refractivity (Wildman–Crippen MR) is 206 cm³/mol. The number of amides is 2. The van der Waals surface area contributed by atoms with Crippen molar-refractivity contribution in [2.75, 3.05) is 78.1 Å². The number of aliphatic hydroxyl groups is 1. The molecule has 4 aromatic rings. The average molecular weight is 772 g/mol. The van der Waals surface area contributed by atoms with Crippen LogP contribution in [-0.2, 0) is 28.0 Å². The first-order chi connectivity index (χ1) is 27.3. The number of nitro groups is 1. The number of nitrogens with zero attached hydrogens (tertiary/aromatic N) is 8. The van der Waals surface area contributed by atoms with Crippen molar-refractivity contribution in [1.82, 2.24) is 34.9 Å². The van der Waals surface area contributed by atoms with Gasteiger partial charge in [-0.25, -0.2) is 19.4 Å². The number of fused-ring (bicyclic) bond motifs is 3. The van der Waals surface area contributed by atoms with E-state index in [1.165, 1.54) is 23.5 Å². The number of rotatable bonds is 13. The third-order valence-corrected chi connectivity index (χ3v) is 11.5. The molecule has 1 saturated carbocycles. The topological polar surface area (TPSA) is 191 Å². The monoisotopic (exact) mass is 771 g/mol. The van der Waals surface area contributed by atoms with Gasteiger partial charge in [-0.2, -0.15) is 5.10 Å². The standard InChI is InChI=1S/C39H49N9O8/c1-54-33-22-28-10-15-46(14-5-13-40-38(51)56-21-20-49)39(31(28)23-34(33)55-2)11-8-27(9-12-39)37(50)45-18-16-44(17-19-45)35-30-24-43-47(36(30)42-26-41-35)25-29-6-3-4-7-32(29)48(52)53/h3-4,6-7,22-24,26-27,49H,5,8-21,25H2,1-2H3,(H,40,51)/t27-,39-. The number of methoxy groups -OCH3 is 2. The van der Waals surface area contributed by atoms with E-state index in [9.17, 15) is 19.7 Å². The van der Waals surface area contributed by atoms with Crippen molar-refractivity contribution in [3.63, 3.8) is 0 Å². The number of carbonyl (C=O) groups excluding carboxylic acids is 2. The van der Waals surface area contributed by atoms with Crippen molar-refractivity contribution in [3.8, 4) is 11.5 Å². The number of ether oxygens (including phenoxy) is 3. The summed E-state index contributed by atoms with van der Waals surface area (Å²) in [6.45, 7) is 4.34. The molecule has 2 N–H and O–H groups in total. The van der Waals surface area contributed by atoms with Crippen molar-refractivity contribution in [3.05, 3.63) is 75.7 Å². The zero-order valence-corrected chi connectivity index (χ0v) is 31.9. The molecular weight excluding hydrogens is 722 g/mol. The van der Waals surface area contributed by atoms with Crippen molar-refractivity contribution >= 4 is 34.5 Å². The van der Waals surface area contributed by atoms with Crippen LogP contribution in [0.2, 0.25) is 0 Å². The largest absolute Gasteiger partial charge is 0.493 e. The fraction of sp³-hybridized carbons (Fsp3) is 0.513. The highest BCUT2D eigenvalue weighted by molar-refractivity contribution is 5.87. The smallest absolute Gasteiger partial charge is 0.407 e. The Kier molecular flexibility index (Phi) is 11.8. The molecule has 7 rings (SSSR count). The molecule has 0 unspecified atom stereocenters. The van der Waals surface area contributed by atoms with E-state index in [0.29, 0.717) is 55.4 Å². The Morgan fingerprint density at radius 1 is 1.04 bits per heavy atom. The van der Waals surface area contributed by atoms with Gasteiger partial charge in [0.2, 0.25) is 5.91 Å². The second-order valence-corrected chi connectivity index (χ2v) is 14.5. The molecule has 17 nitrogen and oxygen atoms in total. The molecule has 2 aromatic heterocycles. The summed E-state index contributed by atoms with van der Waals surface area (Å²) < 4.78 is 18.0. The first-order valence-corrected chi connectivity index (χ1v) is 19.2. The maximum atomic E-state index is 14.1. The molecule has 4 heterocycles. The summed E-state index contributed by atoms with van der Waals surface area (Å²) in [7, 11) is 3.30. The lowest BCUT2D eigenvalue weighted by molar-refractivity contribution is -0.385. The van der Waals surface area contributed by atoms with Gasteiger partial charge in [0.25, 0.3) is 5.69 Å². The van der Waals surface area contributed by atoms with Gasteiger partial charge in [-0.1, -0.05) is 18.2 Å². The lowest BCUT2D eigenvalue weighted by Crippen LogP contribution is -2.55. The molecule has 1 aliphatic carbocycles. The zero-order valence-electron chi connectivity index (χ0n) is 31.9. The molecule has 3 aliphatic rings. The van der Waals surface area contributed by atoms with Crippen LogP contribution >= 0.6 is 0 Å². The predicted octanol–water partition coefficient (Wildman–Crippen LogP) is 3.50. The number of alkyl carbamates (subject to hydrolysis) is 1. The summed E-state index contributed by atoms with van der Waals surface area (Å²) in [5.41, 5.74) is 3.33. The van der Waals surface area contributed by atoms with Crippen molar-refractivity contribution in [2.24, 2.45) is 5.92 Å². The molecule has 2 aromatic carbocycles. The zero-order chi connectivity index (χ0) is 39.2. The van der Waals surface area contributed by atoms with Crippen LogP contribution in [0.15, 0.2) is 48.9 Å². The van der Waals surface area contributed by atoms with Gasteiger partial charge < -0.3 is 34.4 Å². The lowest BCUT2D eigenvalue weighted by atomic mass is 9.68. The van der Waals surface area contributed by atoms with Crippen LogP contribution in [0.1, 0.15) is 48.8 Å². The molecule has 2 amide bonds. The van der Waals surface area contributed by atoms with Gasteiger partial charge in [0, 0.05) is 63.3 Å². The number of nitrogens with one attached hydrogen (secondary N) is 1. The molecule has 1 spiro atoms. The van der Waals surface area contributed by atoms with Gasteiger partial charge in [-0.3, -0.25) is 19.8 Å². The number of piperazine rings is 1. The maximum absolute atomic E-state index is 14.1. The molecular formula is C39H49N9O8. The number of nitro benzene ring substituents is 1. The Morgan fingerprint density at radius 2 is 1.79 bits per heavy atom. The lowest BCUT2D eigenvalue weighted by Gasteiger charge is -2.52. The second kappa shape index (κ2) is 17.1. The van der Waals surface area contributed by atoms with Crippen LogP contribution in [0.25, 0.3) is 11.0 Å². The molecule has 298 valence electrons. The molecule has 0 radical (unpaired) electrons. The third kappa shape index (κ3) is 7.77. The van der Waals surface area contributed by atoms with Crippen molar-refractivity contribution in [1.29, 1.82) is 0 Å². The normalized spacial score (nSPS) is 19.8. The number of carbonyl (C=O) groups is 2. The van der Waals surface area contributed by atoms with Crippen LogP contribution < -0.4 is 19.7 Å². The fourth-order valence-electron chi connectivity index (χ4n) is 8.73. The van der Waals surface area contributed by atoms with Gasteiger partial charge in [0.1, 0.15) is 18.8 Å². The highest BCUT2D eigenvalue weighted by Gasteiger charge is 2.47. The highest BCUT2D eigenvalue weighted by Crippen LogP contribution is 2.50. The van der Waals surface area contributed by atoms with E-state index in [1.807, 2.05) is 4.90 Å². The number of aliphatic hydroxyl groups excluding tert-OH is 1. The first kappa shape index (κ1) is 38.7. The van der Waals surface area contributed by atoms with Gasteiger partial charge in [-0.05, 0) is 61.8 Å². The summed E-state index contributed by atoms with van der Waals surface area (Å²) in [5.74, 6) is 2.22. The van der Waals surface area contributed by atoms with Gasteiger partial charge in [-0.15, -0.1) is 0 Å². The maximum Gasteiger partial charge on any atom is 0.407 e. The van der Waals surface area contributed by atoms with Crippen LogP contribution in [0.5, 0.6) is 11.5 Å². The van der Waals surface area contributed by atoms with Crippen molar-refractivity contribution < 1.29 is 33.8 Å². The van der Waals surface area contributed by atoms with Crippen LogP contribution in [0.4, 0.5) is 16.3 Å². The van der Waals surface area contributed by atoms with Crippen molar-refractivity contribution in [2.45, 2.75) is 50.6 Å². The molecule has 2 aliphatic heterocycles. The minimum atomic E-state index is -0.537. The first-order valence-electron chi connectivity index (χ1n) is 19.2. The number of aromatic nitrogens is 4. The molecule has 0 bridgehead atoms. The van der Waals surface area contributed by atoms with Crippen LogP contribution in [-0.4, -0.2) is 125 Å². The van der Waals surface area contributed by atoms with E-state index in [-0.39, 0.29) is 42.8 Å². The Hall–Kier alpha value is -5.55.